The Morgan fingerprint density at radius 1 is 0.571 bits per heavy atom. The second-order valence-electron chi connectivity index (χ2n) is 11.8. The molecule has 1 atom stereocenters. The van der Waals surface area contributed by atoms with Gasteiger partial charge in [-0.3, -0.25) is 0 Å². The van der Waals surface area contributed by atoms with Gasteiger partial charge in [0.1, 0.15) is 0 Å². The lowest BCUT2D eigenvalue weighted by atomic mass is 10.0. The number of unbranched alkanes of at least 4 members (excludes halogenated alkanes) is 17. The predicted molar refractivity (Wildman–Crippen MR) is 177 cm³/mol. The average molecular weight is 581 g/mol. The summed E-state index contributed by atoms with van der Waals surface area (Å²) in [6, 6.07) is 14.9. The van der Waals surface area contributed by atoms with Crippen LogP contribution in [0.2, 0.25) is 0 Å². The second-order valence-corrected chi connectivity index (χ2v) is 11.8. The highest BCUT2D eigenvalue weighted by atomic mass is 16.6. The molecule has 2 rings (SSSR count). The molecule has 0 amide bonds. The van der Waals surface area contributed by atoms with Crippen molar-refractivity contribution in [3.8, 4) is 11.5 Å². The lowest BCUT2D eigenvalue weighted by molar-refractivity contribution is 0.0625. The molecule has 4 heteroatoms. The Labute approximate surface area is 257 Å². The molecule has 0 bridgehead atoms. The molecule has 0 saturated carbocycles. The summed E-state index contributed by atoms with van der Waals surface area (Å²) in [7, 11) is 0. The minimum Gasteiger partial charge on any atom is -0.490 e. The first kappa shape index (κ1) is 35.9. The molecule has 42 heavy (non-hydrogen) atoms. The summed E-state index contributed by atoms with van der Waals surface area (Å²) in [5.74, 6) is 0.682. The lowest BCUT2D eigenvalue weighted by Gasteiger charge is -2.14. The van der Waals surface area contributed by atoms with Crippen molar-refractivity contribution in [2.24, 2.45) is 0 Å². The molecule has 0 spiro atoms. The van der Waals surface area contributed by atoms with Gasteiger partial charge in [-0.2, -0.15) is 0 Å². The molecule has 0 saturated heterocycles. The van der Waals surface area contributed by atoms with E-state index in [1.54, 1.807) is 6.07 Å². The summed E-state index contributed by atoms with van der Waals surface area (Å²) >= 11 is 0. The van der Waals surface area contributed by atoms with Crippen molar-refractivity contribution < 1.29 is 19.0 Å². The number of carbonyl (C=O) groups excluding carboxylic acids is 1. The molecular weight excluding hydrogens is 520 g/mol. The smallest absolute Gasteiger partial charge is 0.343 e. The normalized spacial score (nSPS) is 11.9. The molecule has 0 aliphatic carbocycles. The van der Waals surface area contributed by atoms with E-state index in [2.05, 4.69) is 20.8 Å². The summed E-state index contributed by atoms with van der Waals surface area (Å²) < 4.78 is 17.6. The Morgan fingerprint density at radius 2 is 1.02 bits per heavy atom. The number of hydrogen-bond acceptors (Lipinski definition) is 4. The summed E-state index contributed by atoms with van der Waals surface area (Å²) in [6.07, 6.45) is 25.2. The van der Waals surface area contributed by atoms with Crippen LogP contribution in [0.5, 0.6) is 11.5 Å². The topological polar surface area (TPSA) is 44.8 Å². The van der Waals surface area contributed by atoms with E-state index in [1.165, 1.54) is 96.3 Å². The second kappa shape index (κ2) is 24.1. The maximum atomic E-state index is 12.8. The molecular formula is C38H60O4. The van der Waals surface area contributed by atoms with E-state index in [9.17, 15) is 4.79 Å². The van der Waals surface area contributed by atoms with Crippen molar-refractivity contribution in [2.45, 2.75) is 149 Å². The molecule has 236 valence electrons. The van der Waals surface area contributed by atoms with Crippen LogP contribution < -0.4 is 9.47 Å². The molecule has 0 heterocycles. The van der Waals surface area contributed by atoms with Crippen LogP contribution in [0.3, 0.4) is 0 Å². The lowest BCUT2D eigenvalue weighted by Crippen LogP contribution is -2.10. The number of ether oxygens (including phenoxy) is 3. The van der Waals surface area contributed by atoms with Gasteiger partial charge in [0.05, 0.1) is 18.3 Å². The number of rotatable bonds is 26. The van der Waals surface area contributed by atoms with E-state index in [0.717, 1.165) is 37.9 Å². The Morgan fingerprint density at radius 3 is 1.57 bits per heavy atom. The van der Waals surface area contributed by atoms with E-state index < -0.39 is 0 Å². The largest absolute Gasteiger partial charge is 0.490 e. The van der Waals surface area contributed by atoms with Crippen LogP contribution in [-0.2, 0) is 4.74 Å². The van der Waals surface area contributed by atoms with Crippen LogP contribution in [0.15, 0.2) is 48.5 Å². The standard InChI is InChI=1S/C38H60O4/c1-4-6-8-9-10-11-12-13-14-15-16-17-18-19-20-24-31-40-33(3)34-27-29-35(30-28-34)38(39)42-37-26-22-21-25-36(37)41-32-23-7-5-2/h21-22,25-30,33H,4-20,23-24,31-32H2,1-3H3. The first-order valence-corrected chi connectivity index (χ1v) is 17.3. The van der Waals surface area contributed by atoms with Gasteiger partial charge in [-0.25, -0.2) is 4.79 Å². The molecule has 0 fully saturated rings. The van der Waals surface area contributed by atoms with Crippen molar-refractivity contribution in [3.63, 3.8) is 0 Å². The zero-order valence-electron chi connectivity index (χ0n) is 27.2. The van der Waals surface area contributed by atoms with E-state index in [0.29, 0.717) is 23.7 Å². The van der Waals surface area contributed by atoms with Crippen LogP contribution in [-0.4, -0.2) is 19.2 Å². The Bertz CT molecular complexity index is 923. The first-order valence-electron chi connectivity index (χ1n) is 17.3. The van der Waals surface area contributed by atoms with E-state index >= 15 is 0 Å². The number of para-hydroxylation sites is 2. The number of esters is 1. The highest BCUT2D eigenvalue weighted by Crippen LogP contribution is 2.28. The van der Waals surface area contributed by atoms with Crippen molar-refractivity contribution in [2.75, 3.05) is 13.2 Å². The summed E-state index contributed by atoms with van der Waals surface area (Å²) in [4.78, 5) is 12.8. The molecule has 0 N–H and O–H groups in total. The molecule has 0 aromatic heterocycles. The summed E-state index contributed by atoms with van der Waals surface area (Å²) in [5.41, 5.74) is 1.59. The maximum absolute atomic E-state index is 12.8. The third-order valence-electron chi connectivity index (χ3n) is 8.04. The van der Waals surface area contributed by atoms with Crippen molar-refractivity contribution in [1.29, 1.82) is 0 Å². The minimum absolute atomic E-state index is 0.00339. The quantitative estimate of drug-likeness (QED) is 0.0630. The minimum atomic E-state index is -0.382. The van der Waals surface area contributed by atoms with Gasteiger partial charge in [-0.1, -0.05) is 147 Å². The Hall–Kier alpha value is -2.33. The van der Waals surface area contributed by atoms with E-state index in [4.69, 9.17) is 14.2 Å². The third-order valence-corrected chi connectivity index (χ3v) is 8.04. The predicted octanol–water partition coefficient (Wildman–Crippen LogP) is 11.8. The third kappa shape index (κ3) is 16.3. The van der Waals surface area contributed by atoms with Gasteiger partial charge in [0.15, 0.2) is 11.5 Å². The molecule has 2 aromatic rings. The SMILES string of the molecule is CCCCCCCCCCCCCCCCCCOC(C)c1ccc(C(=O)Oc2ccccc2OCCCCC)cc1. The maximum Gasteiger partial charge on any atom is 0.343 e. The average Bonchev–Trinajstić information content (AvgIpc) is 3.01. The van der Waals surface area contributed by atoms with Crippen LogP contribution >= 0.6 is 0 Å². The Balaban J connectivity index is 1.52. The molecule has 4 nitrogen and oxygen atoms in total. The molecule has 2 aromatic carbocycles. The zero-order chi connectivity index (χ0) is 30.1. The van der Waals surface area contributed by atoms with Gasteiger partial charge in [-0.15, -0.1) is 0 Å². The molecule has 0 radical (unpaired) electrons. The van der Waals surface area contributed by atoms with Crippen LogP contribution in [0.1, 0.15) is 165 Å². The van der Waals surface area contributed by atoms with Gasteiger partial charge in [0, 0.05) is 6.61 Å². The monoisotopic (exact) mass is 580 g/mol. The fraction of sp³-hybridized carbons (Fsp3) is 0.658. The fourth-order valence-electron chi connectivity index (χ4n) is 5.24. The van der Waals surface area contributed by atoms with Gasteiger partial charge in [0.2, 0.25) is 0 Å². The Kier molecular flexibility index (Phi) is 20.6. The van der Waals surface area contributed by atoms with Gasteiger partial charge >= 0.3 is 5.97 Å². The van der Waals surface area contributed by atoms with Crippen LogP contribution in [0.4, 0.5) is 0 Å². The number of carbonyl (C=O) groups is 1. The molecule has 0 aliphatic rings. The zero-order valence-corrected chi connectivity index (χ0v) is 27.2. The van der Waals surface area contributed by atoms with E-state index in [1.807, 2.05) is 42.5 Å². The number of hydrogen-bond donors (Lipinski definition) is 0. The first-order chi connectivity index (χ1) is 20.7. The summed E-state index contributed by atoms with van der Waals surface area (Å²) in [5, 5.41) is 0. The number of benzene rings is 2. The molecule has 1 unspecified atom stereocenters. The van der Waals surface area contributed by atoms with Crippen molar-refractivity contribution >= 4 is 5.97 Å². The summed E-state index contributed by atoms with van der Waals surface area (Å²) in [6.45, 7) is 7.92. The highest BCUT2D eigenvalue weighted by Gasteiger charge is 2.14. The van der Waals surface area contributed by atoms with Crippen LogP contribution in [0, 0.1) is 0 Å². The van der Waals surface area contributed by atoms with Gasteiger partial charge < -0.3 is 14.2 Å². The van der Waals surface area contributed by atoms with Crippen molar-refractivity contribution in [1.82, 2.24) is 0 Å². The van der Waals surface area contributed by atoms with Crippen LogP contribution in [0.25, 0.3) is 0 Å². The van der Waals surface area contributed by atoms with E-state index in [-0.39, 0.29) is 12.1 Å². The van der Waals surface area contributed by atoms with Gasteiger partial charge in [-0.05, 0) is 49.6 Å². The molecule has 0 aliphatic heterocycles. The van der Waals surface area contributed by atoms with Crippen molar-refractivity contribution in [3.05, 3.63) is 59.7 Å². The fourth-order valence-corrected chi connectivity index (χ4v) is 5.24. The highest BCUT2D eigenvalue weighted by molar-refractivity contribution is 5.91. The van der Waals surface area contributed by atoms with Gasteiger partial charge in [0.25, 0.3) is 0 Å².